The van der Waals surface area contributed by atoms with Crippen LogP contribution in [0.2, 0.25) is 0 Å². The molecule has 1 spiro atoms. The Hall–Kier alpha value is -1.58. The minimum atomic E-state index is -3.62. The van der Waals surface area contributed by atoms with E-state index in [1.165, 1.54) is 38.5 Å². The van der Waals surface area contributed by atoms with Crippen molar-refractivity contribution in [2.24, 2.45) is 16.5 Å². The highest BCUT2D eigenvalue weighted by Crippen LogP contribution is 2.57. The Kier molecular flexibility index (Phi) is 4.35. The maximum absolute atomic E-state index is 11.4. The summed E-state index contributed by atoms with van der Waals surface area (Å²) >= 11 is 0. The summed E-state index contributed by atoms with van der Waals surface area (Å²) in [5.41, 5.74) is 2.47. The molecule has 3 rings (SSSR count). The second-order valence-electron chi connectivity index (χ2n) is 7.12. The average molecular weight is 333 g/mol. The van der Waals surface area contributed by atoms with E-state index in [1.54, 1.807) is 18.2 Å². The van der Waals surface area contributed by atoms with Gasteiger partial charge >= 0.3 is 0 Å². The molecule has 0 aliphatic heterocycles. The smallest absolute Gasteiger partial charge is 0.213 e. The van der Waals surface area contributed by atoms with E-state index in [9.17, 15) is 8.42 Å². The summed E-state index contributed by atoms with van der Waals surface area (Å²) in [6.45, 7) is 0.847. The molecule has 0 aromatic heterocycles. The summed E-state index contributed by atoms with van der Waals surface area (Å²) in [5, 5.41) is 17.5. The Morgan fingerprint density at radius 3 is 2.52 bits per heavy atom. The van der Waals surface area contributed by atoms with E-state index < -0.39 is 10.0 Å². The van der Waals surface area contributed by atoms with Crippen LogP contribution < -0.4 is 10.5 Å². The second-order valence-corrected chi connectivity index (χ2v) is 8.73. The Labute approximate surface area is 137 Å². The topological polar surface area (TPSA) is 96.0 Å². The molecule has 2 aliphatic rings. The van der Waals surface area contributed by atoms with Crippen LogP contribution in [0.4, 0.5) is 5.69 Å². The normalized spacial score (nSPS) is 20.2. The number of anilines is 1. The van der Waals surface area contributed by atoms with Crippen LogP contribution in [-0.2, 0) is 15.8 Å². The molecule has 2 aliphatic carbocycles. The number of primary sulfonamides is 1. The molecule has 0 saturated heterocycles. The lowest BCUT2D eigenvalue weighted by molar-refractivity contribution is 0.266. The highest BCUT2D eigenvalue weighted by atomic mass is 32.2. The van der Waals surface area contributed by atoms with Crippen molar-refractivity contribution in [3.05, 3.63) is 29.3 Å². The van der Waals surface area contributed by atoms with E-state index in [2.05, 4.69) is 5.32 Å². The zero-order valence-corrected chi connectivity index (χ0v) is 14.0. The zero-order chi connectivity index (χ0) is 16.5. The molecule has 6 heteroatoms. The fraction of sp³-hybridized carbons (Fsp3) is 0.588. The van der Waals surface area contributed by atoms with Gasteiger partial charge in [-0.25, -0.2) is 13.6 Å². The van der Waals surface area contributed by atoms with Crippen molar-refractivity contribution in [3.8, 4) is 6.07 Å². The highest BCUT2D eigenvalue weighted by molar-refractivity contribution is 7.88. The lowest BCUT2D eigenvalue weighted by atomic mass is 9.80. The third-order valence-corrected chi connectivity index (χ3v) is 6.01. The molecule has 124 valence electrons. The number of nitrogens with two attached hydrogens (primary N) is 1. The Morgan fingerprint density at radius 2 is 1.96 bits per heavy atom. The number of hydrogen-bond acceptors (Lipinski definition) is 4. The molecule has 1 aromatic rings. The van der Waals surface area contributed by atoms with E-state index in [-0.39, 0.29) is 5.75 Å². The molecule has 23 heavy (non-hydrogen) atoms. The van der Waals surface area contributed by atoms with Crippen LogP contribution in [-0.4, -0.2) is 15.0 Å². The number of benzene rings is 1. The summed E-state index contributed by atoms with van der Waals surface area (Å²) in [7, 11) is -3.62. The van der Waals surface area contributed by atoms with Crippen molar-refractivity contribution in [2.75, 3.05) is 11.9 Å². The quantitative estimate of drug-likeness (QED) is 0.866. The summed E-state index contributed by atoms with van der Waals surface area (Å²) in [5.74, 6) is 0.387. The summed E-state index contributed by atoms with van der Waals surface area (Å²) < 4.78 is 22.8. The van der Waals surface area contributed by atoms with Gasteiger partial charge in [-0.05, 0) is 73.6 Å². The number of nitriles is 1. The number of nitrogens with zero attached hydrogens (tertiary/aromatic N) is 1. The molecule has 2 fully saturated rings. The van der Waals surface area contributed by atoms with Gasteiger partial charge in [-0.15, -0.1) is 0 Å². The molecule has 1 aromatic carbocycles. The van der Waals surface area contributed by atoms with Gasteiger partial charge < -0.3 is 5.32 Å². The van der Waals surface area contributed by atoms with E-state index in [0.717, 1.165) is 12.2 Å². The third kappa shape index (κ3) is 4.24. The summed E-state index contributed by atoms with van der Waals surface area (Å²) in [6, 6.07) is 7.13. The fourth-order valence-corrected chi connectivity index (χ4v) is 4.27. The van der Waals surface area contributed by atoms with Gasteiger partial charge in [0.2, 0.25) is 10.0 Å². The maximum atomic E-state index is 11.4. The van der Waals surface area contributed by atoms with Crippen molar-refractivity contribution >= 4 is 15.7 Å². The monoisotopic (exact) mass is 333 g/mol. The predicted octanol–water partition coefficient (Wildman–Crippen LogP) is 2.73. The third-order valence-electron chi connectivity index (χ3n) is 5.30. The Balaban J connectivity index is 1.65. The van der Waals surface area contributed by atoms with Gasteiger partial charge in [-0.1, -0.05) is 0 Å². The van der Waals surface area contributed by atoms with E-state index in [4.69, 9.17) is 10.4 Å². The Morgan fingerprint density at radius 1 is 1.26 bits per heavy atom. The SMILES string of the molecule is N#Cc1ccc(NCC2CCC3(CC2)CC3)c(CS(N)(=O)=O)c1. The molecule has 5 nitrogen and oxygen atoms in total. The number of rotatable bonds is 5. The van der Waals surface area contributed by atoms with Crippen molar-refractivity contribution in [1.82, 2.24) is 0 Å². The molecular weight excluding hydrogens is 310 g/mol. The molecule has 0 radical (unpaired) electrons. The second kappa shape index (κ2) is 6.14. The van der Waals surface area contributed by atoms with Gasteiger partial charge in [-0.2, -0.15) is 5.26 Å². The number of hydrogen-bond donors (Lipinski definition) is 2. The van der Waals surface area contributed by atoms with Gasteiger partial charge in [0, 0.05) is 12.2 Å². The lowest BCUT2D eigenvalue weighted by Gasteiger charge is -2.29. The van der Waals surface area contributed by atoms with Crippen LogP contribution in [0.1, 0.15) is 49.7 Å². The summed E-state index contributed by atoms with van der Waals surface area (Å²) in [4.78, 5) is 0. The van der Waals surface area contributed by atoms with Crippen molar-refractivity contribution < 1.29 is 8.42 Å². The molecule has 0 amide bonds. The van der Waals surface area contributed by atoms with Crippen molar-refractivity contribution in [2.45, 2.75) is 44.3 Å². The van der Waals surface area contributed by atoms with Crippen molar-refractivity contribution in [1.29, 1.82) is 5.26 Å². The first-order valence-electron chi connectivity index (χ1n) is 8.17. The van der Waals surface area contributed by atoms with Crippen LogP contribution in [0.3, 0.4) is 0 Å². The van der Waals surface area contributed by atoms with Crippen LogP contribution in [0.5, 0.6) is 0 Å². The van der Waals surface area contributed by atoms with E-state index >= 15 is 0 Å². The predicted molar refractivity (Wildman–Crippen MR) is 90.1 cm³/mol. The summed E-state index contributed by atoms with van der Waals surface area (Å²) in [6.07, 6.45) is 7.96. The first-order valence-corrected chi connectivity index (χ1v) is 9.88. The zero-order valence-electron chi connectivity index (χ0n) is 13.2. The van der Waals surface area contributed by atoms with E-state index in [0.29, 0.717) is 22.5 Å². The molecule has 0 atom stereocenters. The molecule has 0 heterocycles. The van der Waals surface area contributed by atoms with Crippen LogP contribution in [0.25, 0.3) is 0 Å². The molecule has 0 bridgehead atoms. The van der Waals surface area contributed by atoms with Gasteiger partial charge in [0.25, 0.3) is 0 Å². The maximum Gasteiger partial charge on any atom is 0.213 e. The van der Waals surface area contributed by atoms with Crippen molar-refractivity contribution in [3.63, 3.8) is 0 Å². The van der Waals surface area contributed by atoms with Crippen LogP contribution in [0, 0.1) is 22.7 Å². The fourth-order valence-electron chi connectivity index (χ4n) is 3.60. The minimum Gasteiger partial charge on any atom is -0.385 e. The molecular formula is C17H23N3O2S. The van der Waals surface area contributed by atoms with Crippen LogP contribution in [0.15, 0.2) is 18.2 Å². The average Bonchev–Trinajstić information content (AvgIpc) is 3.25. The molecule has 2 saturated carbocycles. The van der Waals surface area contributed by atoms with Gasteiger partial charge in [0.05, 0.1) is 17.4 Å². The number of nitrogens with one attached hydrogen (secondary N) is 1. The van der Waals surface area contributed by atoms with Gasteiger partial charge in [0.15, 0.2) is 0 Å². The van der Waals surface area contributed by atoms with Gasteiger partial charge in [-0.3, -0.25) is 0 Å². The first-order chi connectivity index (χ1) is 10.9. The highest BCUT2D eigenvalue weighted by Gasteiger charge is 2.44. The van der Waals surface area contributed by atoms with Crippen LogP contribution >= 0.6 is 0 Å². The largest absolute Gasteiger partial charge is 0.385 e. The number of sulfonamides is 1. The van der Waals surface area contributed by atoms with Gasteiger partial charge in [0.1, 0.15) is 0 Å². The lowest BCUT2D eigenvalue weighted by Crippen LogP contribution is -2.22. The first kappa shape index (κ1) is 16.3. The minimum absolute atomic E-state index is 0.251. The standard InChI is InChI=1S/C17H23N3O2S/c18-10-14-1-2-16(15(9-14)12-23(19,21)22)20-11-13-3-5-17(6-4-13)7-8-17/h1-2,9,13,20H,3-8,11-12H2,(H2,19,21,22). The Bertz CT molecular complexity index is 723. The van der Waals surface area contributed by atoms with E-state index in [1.807, 2.05) is 6.07 Å². The molecule has 3 N–H and O–H groups in total. The molecule has 0 unspecified atom stereocenters.